The van der Waals surface area contributed by atoms with Crippen molar-refractivity contribution in [3.63, 3.8) is 0 Å². The number of nitrogens with one attached hydrogen (secondary N) is 1. The van der Waals surface area contributed by atoms with Crippen LogP contribution >= 0.6 is 0 Å². The van der Waals surface area contributed by atoms with Gasteiger partial charge < -0.3 is 15.2 Å². The molecule has 0 spiro atoms. The molecular weight excluding hydrogens is 194 g/mol. The standard InChI is InChI=1S/C10H13N3O2/c1-15-7-8(6-14)13-9-3-2-4-12-10(9)5-11/h2-4,8,13-14H,6-7H2,1H3. The van der Waals surface area contributed by atoms with Crippen LogP contribution in [0, 0.1) is 11.3 Å². The first-order valence-electron chi connectivity index (χ1n) is 4.53. The molecule has 5 heteroatoms. The Morgan fingerprint density at radius 1 is 1.73 bits per heavy atom. The fraction of sp³-hybridized carbons (Fsp3) is 0.400. The summed E-state index contributed by atoms with van der Waals surface area (Å²) in [6.45, 7) is 0.309. The van der Waals surface area contributed by atoms with E-state index in [2.05, 4.69) is 10.3 Å². The first kappa shape index (κ1) is 11.4. The van der Waals surface area contributed by atoms with E-state index in [1.54, 1.807) is 25.4 Å². The van der Waals surface area contributed by atoms with Gasteiger partial charge in [0.15, 0.2) is 5.69 Å². The monoisotopic (exact) mass is 207 g/mol. The highest BCUT2D eigenvalue weighted by atomic mass is 16.5. The van der Waals surface area contributed by atoms with Gasteiger partial charge in [-0.25, -0.2) is 4.98 Å². The second kappa shape index (κ2) is 5.96. The van der Waals surface area contributed by atoms with Gasteiger partial charge in [0.1, 0.15) is 6.07 Å². The fourth-order valence-electron chi connectivity index (χ4n) is 1.17. The molecule has 1 unspecified atom stereocenters. The smallest absolute Gasteiger partial charge is 0.163 e. The van der Waals surface area contributed by atoms with Gasteiger partial charge in [0.2, 0.25) is 0 Å². The number of hydrogen-bond acceptors (Lipinski definition) is 5. The van der Waals surface area contributed by atoms with E-state index in [-0.39, 0.29) is 12.6 Å². The number of aliphatic hydroxyl groups is 1. The van der Waals surface area contributed by atoms with Gasteiger partial charge in [-0.1, -0.05) is 0 Å². The van der Waals surface area contributed by atoms with Crippen molar-refractivity contribution in [3.8, 4) is 6.07 Å². The molecule has 1 atom stereocenters. The molecule has 0 aliphatic rings. The van der Waals surface area contributed by atoms with E-state index < -0.39 is 0 Å². The molecule has 0 radical (unpaired) electrons. The van der Waals surface area contributed by atoms with Gasteiger partial charge >= 0.3 is 0 Å². The maximum atomic E-state index is 9.04. The zero-order chi connectivity index (χ0) is 11.1. The van der Waals surface area contributed by atoms with Gasteiger partial charge in [0, 0.05) is 13.3 Å². The van der Waals surface area contributed by atoms with Crippen LogP contribution in [-0.4, -0.2) is 36.5 Å². The Balaban J connectivity index is 2.74. The zero-order valence-corrected chi connectivity index (χ0v) is 8.47. The maximum absolute atomic E-state index is 9.04. The van der Waals surface area contributed by atoms with Crippen LogP contribution in [0.15, 0.2) is 18.3 Å². The molecule has 0 aliphatic carbocycles. The van der Waals surface area contributed by atoms with Crippen molar-refractivity contribution < 1.29 is 9.84 Å². The average Bonchev–Trinajstić information content (AvgIpc) is 2.29. The molecule has 1 aromatic rings. The van der Waals surface area contributed by atoms with Crippen molar-refractivity contribution in [1.29, 1.82) is 5.26 Å². The van der Waals surface area contributed by atoms with E-state index in [0.717, 1.165) is 0 Å². The number of anilines is 1. The number of pyridine rings is 1. The van der Waals surface area contributed by atoms with Crippen LogP contribution in [0.25, 0.3) is 0 Å². The molecule has 1 heterocycles. The van der Waals surface area contributed by atoms with Crippen molar-refractivity contribution in [1.82, 2.24) is 4.98 Å². The molecule has 0 saturated heterocycles. The Labute approximate surface area is 88.3 Å². The van der Waals surface area contributed by atoms with Gasteiger partial charge in [0.05, 0.1) is 24.9 Å². The van der Waals surface area contributed by atoms with Crippen LogP contribution in [0.1, 0.15) is 5.69 Å². The molecular formula is C10H13N3O2. The predicted octanol–water partition coefficient (Wildman–Crippen LogP) is 0.372. The Bertz CT molecular complexity index is 349. The van der Waals surface area contributed by atoms with Crippen molar-refractivity contribution in [2.75, 3.05) is 25.6 Å². The lowest BCUT2D eigenvalue weighted by molar-refractivity contribution is 0.153. The van der Waals surface area contributed by atoms with Gasteiger partial charge in [-0.15, -0.1) is 0 Å². The molecule has 15 heavy (non-hydrogen) atoms. The average molecular weight is 207 g/mol. The third-order valence-electron chi connectivity index (χ3n) is 1.86. The summed E-state index contributed by atoms with van der Waals surface area (Å²) in [7, 11) is 1.55. The highest BCUT2D eigenvalue weighted by Gasteiger charge is 2.09. The summed E-state index contributed by atoms with van der Waals surface area (Å²) in [5, 5.41) is 20.8. The summed E-state index contributed by atoms with van der Waals surface area (Å²) in [5.41, 5.74) is 0.920. The number of ether oxygens (including phenoxy) is 1. The largest absolute Gasteiger partial charge is 0.394 e. The van der Waals surface area contributed by atoms with Crippen LogP contribution in [-0.2, 0) is 4.74 Å². The first-order valence-corrected chi connectivity index (χ1v) is 4.53. The number of aromatic nitrogens is 1. The normalized spacial score (nSPS) is 11.8. The summed E-state index contributed by atoms with van der Waals surface area (Å²) in [6, 6.07) is 5.21. The lowest BCUT2D eigenvalue weighted by atomic mass is 10.2. The number of aliphatic hydroxyl groups excluding tert-OH is 1. The van der Waals surface area contributed by atoms with Crippen LogP contribution in [0.3, 0.4) is 0 Å². The molecule has 1 aromatic heterocycles. The van der Waals surface area contributed by atoms with E-state index in [9.17, 15) is 0 Å². The first-order chi connectivity index (χ1) is 7.31. The van der Waals surface area contributed by atoms with Crippen LogP contribution < -0.4 is 5.32 Å². The number of nitrogens with zero attached hydrogens (tertiary/aromatic N) is 2. The number of hydrogen-bond donors (Lipinski definition) is 2. The minimum absolute atomic E-state index is 0.0619. The number of rotatable bonds is 5. The molecule has 0 aromatic carbocycles. The second-order valence-corrected chi connectivity index (χ2v) is 2.99. The Hall–Kier alpha value is -1.64. The van der Waals surface area contributed by atoms with E-state index in [0.29, 0.717) is 18.0 Å². The van der Waals surface area contributed by atoms with E-state index in [1.165, 1.54) is 0 Å². The SMILES string of the molecule is COCC(CO)Nc1cccnc1C#N. The third kappa shape index (κ3) is 3.20. The molecule has 0 amide bonds. The third-order valence-corrected chi connectivity index (χ3v) is 1.86. The summed E-state index contributed by atoms with van der Waals surface area (Å²) >= 11 is 0. The summed E-state index contributed by atoms with van der Waals surface area (Å²) < 4.78 is 4.91. The highest BCUT2D eigenvalue weighted by Crippen LogP contribution is 2.11. The number of nitriles is 1. The van der Waals surface area contributed by atoms with Crippen molar-refractivity contribution >= 4 is 5.69 Å². The van der Waals surface area contributed by atoms with Gasteiger partial charge in [0.25, 0.3) is 0 Å². The highest BCUT2D eigenvalue weighted by molar-refractivity contribution is 5.53. The molecule has 80 valence electrons. The minimum atomic E-state index is -0.230. The van der Waals surface area contributed by atoms with Gasteiger partial charge in [-0.05, 0) is 12.1 Å². The van der Waals surface area contributed by atoms with E-state index in [4.69, 9.17) is 15.1 Å². The molecule has 0 saturated carbocycles. The lowest BCUT2D eigenvalue weighted by Crippen LogP contribution is -2.29. The van der Waals surface area contributed by atoms with Gasteiger partial charge in [-0.2, -0.15) is 5.26 Å². The van der Waals surface area contributed by atoms with Crippen molar-refractivity contribution in [2.45, 2.75) is 6.04 Å². The molecule has 0 aliphatic heterocycles. The van der Waals surface area contributed by atoms with Crippen molar-refractivity contribution in [3.05, 3.63) is 24.0 Å². The van der Waals surface area contributed by atoms with E-state index >= 15 is 0 Å². The maximum Gasteiger partial charge on any atom is 0.163 e. The topological polar surface area (TPSA) is 78.2 Å². The molecule has 0 bridgehead atoms. The van der Waals surface area contributed by atoms with Crippen molar-refractivity contribution in [2.24, 2.45) is 0 Å². The lowest BCUT2D eigenvalue weighted by Gasteiger charge is -2.16. The quantitative estimate of drug-likeness (QED) is 0.729. The molecule has 5 nitrogen and oxygen atoms in total. The molecule has 0 fully saturated rings. The Kier molecular flexibility index (Phi) is 4.54. The molecule has 2 N–H and O–H groups in total. The zero-order valence-electron chi connectivity index (χ0n) is 8.47. The summed E-state index contributed by atoms with van der Waals surface area (Å²) in [4.78, 5) is 3.90. The number of methoxy groups -OCH3 is 1. The summed E-state index contributed by atoms with van der Waals surface area (Å²) in [6.07, 6.45) is 1.55. The summed E-state index contributed by atoms with van der Waals surface area (Å²) in [5.74, 6) is 0. The van der Waals surface area contributed by atoms with Crippen LogP contribution in [0.5, 0.6) is 0 Å². The van der Waals surface area contributed by atoms with Gasteiger partial charge in [-0.3, -0.25) is 0 Å². The van der Waals surface area contributed by atoms with Crippen LogP contribution in [0.2, 0.25) is 0 Å². The van der Waals surface area contributed by atoms with Crippen LogP contribution in [0.4, 0.5) is 5.69 Å². The Morgan fingerprint density at radius 3 is 3.13 bits per heavy atom. The minimum Gasteiger partial charge on any atom is -0.394 e. The predicted molar refractivity (Wildman–Crippen MR) is 55.3 cm³/mol. The molecule has 1 rings (SSSR count). The fourth-order valence-corrected chi connectivity index (χ4v) is 1.17. The van der Waals surface area contributed by atoms with E-state index in [1.807, 2.05) is 6.07 Å². The second-order valence-electron chi connectivity index (χ2n) is 2.99. The Morgan fingerprint density at radius 2 is 2.53 bits per heavy atom.